The number of carbonyl (C=O) groups excluding carboxylic acids is 1. The van der Waals surface area contributed by atoms with Gasteiger partial charge in [-0.1, -0.05) is 19.1 Å². The molecule has 0 heterocycles. The van der Waals surface area contributed by atoms with Gasteiger partial charge in [-0.05, 0) is 31.0 Å². The number of phenols is 1. The van der Waals surface area contributed by atoms with E-state index in [9.17, 15) is 9.90 Å². The third kappa shape index (κ3) is 3.90. The van der Waals surface area contributed by atoms with Crippen molar-refractivity contribution in [3.63, 3.8) is 0 Å². The summed E-state index contributed by atoms with van der Waals surface area (Å²) in [5.74, 6) is 0.333. The van der Waals surface area contributed by atoms with Gasteiger partial charge < -0.3 is 16.2 Å². The first-order chi connectivity index (χ1) is 7.63. The van der Waals surface area contributed by atoms with Crippen LogP contribution < -0.4 is 11.1 Å². The Morgan fingerprint density at radius 1 is 1.50 bits per heavy atom. The maximum atomic E-state index is 11.5. The number of rotatable bonds is 5. The predicted molar refractivity (Wildman–Crippen MR) is 64.2 cm³/mol. The van der Waals surface area contributed by atoms with Crippen molar-refractivity contribution in [2.45, 2.75) is 19.8 Å². The summed E-state index contributed by atoms with van der Waals surface area (Å²) in [4.78, 5) is 11.5. The van der Waals surface area contributed by atoms with E-state index in [4.69, 9.17) is 5.73 Å². The summed E-state index contributed by atoms with van der Waals surface area (Å²) in [5, 5.41) is 12.1. The van der Waals surface area contributed by atoms with E-state index < -0.39 is 0 Å². The van der Waals surface area contributed by atoms with Crippen molar-refractivity contribution in [1.82, 2.24) is 0 Å². The lowest BCUT2D eigenvalue weighted by molar-refractivity contribution is -0.116. The maximum Gasteiger partial charge on any atom is 0.224 e. The third-order valence-electron chi connectivity index (χ3n) is 2.44. The van der Waals surface area contributed by atoms with Gasteiger partial charge in [-0.15, -0.1) is 0 Å². The molecule has 1 rings (SSSR count). The molecule has 0 spiro atoms. The maximum absolute atomic E-state index is 11.5. The molecule has 4 heteroatoms. The highest BCUT2D eigenvalue weighted by atomic mass is 16.3. The molecule has 88 valence electrons. The Morgan fingerprint density at radius 3 is 2.81 bits per heavy atom. The highest BCUT2D eigenvalue weighted by Crippen LogP contribution is 2.21. The molecule has 0 saturated carbocycles. The number of nitrogens with two attached hydrogens (primary N) is 1. The second-order valence-electron chi connectivity index (χ2n) is 3.94. The number of hydrogen-bond donors (Lipinski definition) is 3. The molecule has 1 aromatic carbocycles. The molecule has 1 atom stereocenters. The average molecular weight is 222 g/mol. The van der Waals surface area contributed by atoms with E-state index in [-0.39, 0.29) is 11.7 Å². The molecule has 1 amide bonds. The Hall–Kier alpha value is -1.55. The lowest BCUT2D eigenvalue weighted by Gasteiger charge is -2.09. The van der Waals surface area contributed by atoms with E-state index in [2.05, 4.69) is 5.32 Å². The monoisotopic (exact) mass is 222 g/mol. The van der Waals surface area contributed by atoms with Crippen LogP contribution in [0.1, 0.15) is 19.8 Å². The van der Waals surface area contributed by atoms with Crippen molar-refractivity contribution in [3.05, 3.63) is 24.3 Å². The van der Waals surface area contributed by atoms with Crippen molar-refractivity contribution >= 4 is 11.6 Å². The van der Waals surface area contributed by atoms with E-state index in [0.29, 0.717) is 24.6 Å². The summed E-state index contributed by atoms with van der Waals surface area (Å²) < 4.78 is 0. The van der Waals surface area contributed by atoms with Crippen LogP contribution in [-0.2, 0) is 4.79 Å². The van der Waals surface area contributed by atoms with Crippen LogP contribution in [-0.4, -0.2) is 17.6 Å². The molecular weight excluding hydrogens is 204 g/mol. The van der Waals surface area contributed by atoms with Gasteiger partial charge in [-0.25, -0.2) is 0 Å². The predicted octanol–water partition coefficient (Wildman–Crippen LogP) is 1.71. The minimum atomic E-state index is -0.0956. The van der Waals surface area contributed by atoms with Gasteiger partial charge in [0, 0.05) is 6.42 Å². The quantitative estimate of drug-likeness (QED) is 0.664. The Balaban J connectivity index is 2.43. The molecule has 1 aromatic rings. The van der Waals surface area contributed by atoms with E-state index in [1.165, 1.54) is 6.07 Å². The van der Waals surface area contributed by atoms with Crippen molar-refractivity contribution in [2.24, 2.45) is 11.7 Å². The molecule has 0 aromatic heterocycles. The Bertz CT molecular complexity index is 353. The van der Waals surface area contributed by atoms with E-state index in [1.54, 1.807) is 18.2 Å². The van der Waals surface area contributed by atoms with Crippen molar-refractivity contribution < 1.29 is 9.90 Å². The summed E-state index contributed by atoms with van der Waals surface area (Å²) in [6.07, 6.45) is 1.18. The zero-order valence-corrected chi connectivity index (χ0v) is 9.44. The highest BCUT2D eigenvalue weighted by Gasteiger charge is 2.07. The average Bonchev–Trinajstić information content (AvgIpc) is 2.29. The smallest absolute Gasteiger partial charge is 0.224 e. The molecule has 0 saturated heterocycles. The van der Waals surface area contributed by atoms with E-state index >= 15 is 0 Å². The number of aromatic hydroxyl groups is 1. The molecule has 1 unspecified atom stereocenters. The number of amides is 1. The number of nitrogens with one attached hydrogen (secondary N) is 1. The zero-order chi connectivity index (χ0) is 12.0. The molecule has 16 heavy (non-hydrogen) atoms. The van der Waals surface area contributed by atoms with Crippen molar-refractivity contribution in [3.8, 4) is 5.75 Å². The second-order valence-corrected chi connectivity index (χ2v) is 3.94. The van der Waals surface area contributed by atoms with Gasteiger partial charge in [-0.2, -0.15) is 0 Å². The Morgan fingerprint density at radius 2 is 2.19 bits per heavy atom. The molecule has 0 fully saturated rings. The van der Waals surface area contributed by atoms with Gasteiger partial charge in [0.1, 0.15) is 5.75 Å². The van der Waals surface area contributed by atoms with Gasteiger partial charge in [0.05, 0.1) is 5.69 Å². The van der Waals surface area contributed by atoms with Gasteiger partial charge in [0.25, 0.3) is 0 Å². The largest absolute Gasteiger partial charge is 0.506 e. The van der Waals surface area contributed by atoms with Crippen molar-refractivity contribution in [1.29, 1.82) is 0 Å². The van der Waals surface area contributed by atoms with Crippen LogP contribution in [0.3, 0.4) is 0 Å². The fraction of sp³-hybridized carbons (Fsp3) is 0.417. The Labute approximate surface area is 95.5 Å². The van der Waals surface area contributed by atoms with Crippen LogP contribution in [0.5, 0.6) is 5.75 Å². The number of benzene rings is 1. The minimum Gasteiger partial charge on any atom is -0.506 e. The van der Waals surface area contributed by atoms with Crippen molar-refractivity contribution in [2.75, 3.05) is 11.9 Å². The molecule has 0 aliphatic heterocycles. The lowest BCUT2D eigenvalue weighted by atomic mass is 10.1. The first kappa shape index (κ1) is 12.5. The summed E-state index contributed by atoms with van der Waals surface area (Å²) in [7, 11) is 0. The SMILES string of the molecule is CC(CN)CCC(=O)Nc1ccccc1O. The molecule has 0 radical (unpaired) electrons. The van der Waals surface area contributed by atoms with Crippen LogP contribution in [0.25, 0.3) is 0 Å². The van der Waals surface area contributed by atoms with Crippen LogP contribution in [0, 0.1) is 5.92 Å². The zero-order valence-electron chi connectivity index (χ0n) is 9.44. The van der Waals surface area contributed by atoms with Gasteiger partial charge in [0.15, 0.2) is 0 Å². The fourth-order valence-corrected chi connectivity index (χ4v) is 1.29. The van der Waals surface area contributed by atoms with Gasteiger partial charge in [-0.3, -0.25) is 4.79 Å². The first-order valence-electron chi connectivity index (χ1n) is 5.41. The summed E-state index contributed by atoms with van der Waals surface area (Å²) >= 11 is 0. The van der Waals surface area contributed by atoms with Gasteiger partial charge in [0.2, 0.25) is 5.91 Å². The lowest BCUT2D eigenvalue weighted by Crippen LogP contribution is -2.16. The van der Waals surface area contributed by atoms with Crippen LogP contribution in [0.15, 0.2) is 24.3 Å². The standard InChI is InChI=1S/C12H18N2O2/c1-9(8-13)6-7-12(16)14-10-4-2-3-5-11(10)15/h2-5,9,15H,6-8,13H2,1H3,(H,14,16). The first-order valence-corrected chi connectivity index (χ1v) is 5.41. The van der Waals surface area contributed by atoms with E-state index in [1.807, 2.05) is 6.92 Å². The molecule has 0 bridgehead atoms. The third-order valence-corrected chi connectivity index (χ3v) is 2.44. The fourth-order valence-electron chi connectivity index (χ4n) is 1.29. The van der Waals surface area contributed by atoms with Crippen LogP contribution >= 0.6 is 0 Å². The molecule has 0 aliphatic carbocycles. The number of para-hydroxylation sites is 2. The number of hydrogen-bond acceptors (Lipinski definition) is 3. The molecular formula is C12H18N2O2. The molecule has 0 aliphatic rings. The Kier molecular flexibility index (Phi) is 4.79. The summed E-state index contributed by atoms with van der Waals surface area (Å²) in [5.41, 5.74) is 5.91. The van der Waals surface area contributed by atoms with E-state index in [0.717, 1.165) is 6.42 Å². The molecule has 4 nitrogen and oxygen atoms in total. The van der Waals surface area contributed by atoms with Crippen LogP contribution in [0.2, 0.25) is 0 Å². The molecule has 4 N–H and O–H groups in total. The summed E-state index contributed by atoms with van der Waals surface area (Å²) in [6, 6.07) is 6.68. The summed E-state index contributed by atoms with van der Waals surface area (Å²) in [6.45, 7) is 2.59. The highest BCUT2D eigenvalue weighted by molar-refractivity contribution is 5.92. The van der Waals surface area contributed by atoms with Crippen LogP contribution in [0.4, 0.5) is 5.69 Å². The number of anilines is 1. The normalized spacial score (nSPS) is 12.1. The second kappa shape index (κ2) is 6.12. The minimum absolute atomic E-state index is 0.0859. The topological polar surface area (TPSA) is 75.4 Å². The van der Waals surface area contributed by atoms with Gasteiger partial charge >= 0.3 is 0 Å². The number of carbonyl (C=O) groups is 1. The number of phenolic OH excluding ortho intramolecular Hbond substituents is 1.